The standard InChI is InChI=1S/C10H9NO4/c1-6-11(15-6)9(12)7-2-4-8(5-3-7)10(13)14/h2-6H,1H3,(H,13,14). The molecule has 0 aromatic heterocycles. The molecule has 1 saturated heterocycles. The molecule has 1 amide bonds. The Labute approximate surface area is 85.8 Å². The van der Waals surface area contributed by atoms with E-state index in [1.54, 1.807) is 6.92 Å². The van der Waals surface area contributed by atoms with Crippen molar-refractivity contribution in [3.8, 4) is 0 Å². The van der Waals surface area contributed by atoms with Gasteiger partial charge in [0.15, 0.2) is 6.23 Å². The summed E-state index contributed by atoms with van der Waals surface area (Å²) in [4.78, 5) is 27.0. The Bertz CT molecular complexity index is 412. The number of hydrogen-bond donors (Lipinski definition) is 1. The summed E-state index contributed by atoms with van der Waals surface area (Å²) in [6, 6.07) is 5.73. The van der Waals surface area contributed by atoms with Crippen LogP contribution in [0.4, 0.5) is 0 Å². The predicted octanol–water partition coefficient (Wildman–Crippen LogP) is 1.12. The third-order valence-corrected chi connectivity index (χ3v) is 2.13. The zero-order valence-electron chi connectivity index (χ0n) is 8.01. The molecule has 1 aliphatic rings. The first-order valence-electron chi connectivity index (χ1n) is 4.43. The smallest absolute Gasteiger partial charge is 0.335 e. The minimum atomic E-state index is -1.01. The van der Waals surface area contributed by atoms with Crippen molar-refractivity contribution in [1.82, 2.24) is 5.06 Å². The Balaban J connectivity index is 2.16. The largest absolute Gasteiger partial charge is 0.478 e. The molecule has 1 aliphatic heterocycles. The third kappa shape index (κ3) is 1.82. The van der Waals surface area contributed by atoms with Crippen molar-refractivity contribution in [3.05, 3.63) is 35.4 Å². The van der Waals surface area contributed by atoms with Crippen molar-refractivity contribution in [2.75, 3.05) is 0 Å². The molecular weight excluding hydrogens is 198 g/mol. The van der Waals surface area contributed by atoms with Crippen molar-refractivity contribution in [2.24, 2.45) is 0 Å². The first-order chi connectivity index (χ1) is 7.09. The van der Waals surface area contributed by atoms with Gasteiger partial charge in [0.05, 0.1) is 5.56 Å². The number of rotatable bonds is 2. The van der Waals surface area contributed by atoms with Gasteiger partial charge in [-0.05, 0) is 31.2 Å². The summed E-state index contributed by atoms with van der Waals surface area (Å²) in [6.07, 6.45) is -0.184. The van der Waals surface area contributed by atoms with E-state index in [0.29, 0.717) is 5.56 Å². The molecule has 5 nitrogen and oxygen atoms in total. The Kier molecular flexibility index (Phi) is 2.17. The van der Waals surface area contributed by atoms with Gasteiger partial charge in [-0.2, -0.15) is 5.06 Å². The van der Waals surface area contributed by atoms with Gasteiger partial charge in [0.1, 0.15) is 0 Å². The van der Waals surface area contributed by atoms with Gasteiger partial charge in [-0.1, -0.05) is 0 Å². The molecule has 0 bridgehead atoms. The van der Waals surface area contributed by atoms with Gasteiger partial charge in [0, 0.05) is 5.56 Å². The lowest BCUT2D eigenvalue weighted by atomic mass is 10.1. The molecule has 1 unspecified atom stereocenters. The number of nitrogens with zero attached hydrogens (tertiary/aromatic N) is 1. The first kappa shape index (κ1) is 9.67. The fraction of sp³-hybridized carbons (Fsp3) is 0.200. The molecule has 1 heterocycles. The number of carboxylic acid groups (broad SMARTS) is 1. The van der Waals surface area contributed by atoms with Crippen LogP contribution in [0.1, 0.15) is 27.6 Å². The van der Waals surface area contributed by atoms with Crippen molar-refractivity contribution in [2.45, 2.75) is 13.2 Å². The first-order valence-corrected chi connectivity index (χ1v) is 4.43. The molecule has 15 heavy (non-hydrogen) atoms. The highest BCUT2D eigenvalue weighted by Crippen LogP contribution is 2.22. The number of aromatic carboxylic acids is 1. The van der Waals surface area contributed by atoms with Crippen LogP contribution in [0.2, 0.25) is 0 Å². The summed E-state index contributed by atoms with van der Waals surface area (Å²) in [6.45, 7) is 1.75. The van der Waals surface area contributed by atoms with Crippen LogP contribution >= 0.6 is 0 Å². The Morgan fingerprint density at radius 1 is 1.27 bits per heavy atom. The monoisotopic (exact) mass is 207 g/mol. The summed E-state index contributed by atoms with van der Waals surface area (Å²) < 4.78 is 0. The van der Waals surface area contributed by atoms with E-state index in [4.69, 9.17) is 9.94 Å². The van der Waals surface area contributed by atoms with E-state index in [9.17, 15) is 9.59 Å². The van der Waals surface area contributed by atoms with Gasteiger partial charge >= 0.3 is 5.97 Å². The number of benzene rings is 1. The van der Waals surface area contributed by atoms with E-state index in [0.717, 1.165) is 0 Å². The lowest BCUT2D eigenvalue weighted by Crippen LogP contribution is -2.12. The lowest BCUT2D eigenvalue weighted by molar-refractivity contribution is 0.0690. The number of hydroxylamine groups is 2. The normalized spacial score (nSPS) is 18.7. The molecule has 1 aromatic rings. The molecule has 0 spiro atoms. The molecule has 5 heteroatoms. The molecule has 78 valence electrons. The molecule has 1 atom stereocenters. The minimum Gasteiger partial charge on any atom is -0.478 e. The predicted molar refractivity (Wildman–Crippen MR) is 50.1 cm³/mol. The van der Waals surface area contributed by atoms with Gasteiger partial charge in [-0.25, -0.2) is 9.63 Å². The average molecular weight is 207 g/mol. The highest BCUT2D eigenvalue weighted by Gasteiger charge is 2.37. The van der Waals surface area contributed by atoms with E-state index in [1.807, 2.05) is 0 Å². The second kappa shape index (κ2) is 3.36. The summed E-state index contributed by atoms with van der Waals surface area (Å²) in [5.41, 5.74) is 0.579. The SMILES string of the molecule is CC1ON1C(=O)c1ccc(C(=O)O)cc1. The molecular formula is C10H9NO4. The molecule has 1 N–H and O–H groups in total. The maximum atomic E-state index is 11.6. The molecule has 2 rings (SSSR count). The molecule has 0 saturated carbocycles. The second-order valence-electron chi connectivity index (χ2n) is 3.22. The van der Waals surface area contributed by atoms with Crippen LogP contribution in [0.25, 0.3) is 0 Å². The maximum Gasteiger partial charge on any atom is 0.335 e. The van der Waals surface area contributed by atoms with Crippen molar-refractivity contribution < 1.29 is 19.5 Å². The van der Waals surface area contributed by atoms with Crippen LogP contribution in [0.15, 0.2) is 24.3 Å². The van der Waals surface area contributed by atoms with Crippen molar-refractivity contribution in [3.63, 3.8) is 0 Å². The number of amides is 1. The second-order valence-corrected chi connectivity index (χ2v) is 3.22. The highest BCUT2D eigenvalue weighted by atomic mass is 16.8. The lowest BCUT2D eigenvalue weighted by Gasteiger charge is -1.99. The summed E-state index contributed by atoms with van der Waals surface area (Å²) >= 11 is 0. The molecule has 0 radical (unpaired) electrons. The van der Waals surface area contributed by atoms with Crippen LogP contribution < -0.4 is 0 Å². The summed E-state index contributed by atoms with van der Waals surface area (Å²) in [5, 5.41) is 9.89. The Hall–Kier alpha value is -1.88. The number of carbonyl (C=O) groups is 2. The number of hydrogen-bond acceptors (Lipinski definition) is 3. The van der Waals surface area contributed by atoms with Crippen molar-refractivity contribution in [1.29, 1.82) is 0 Å². The zero-order chi connectivity index (χ0) is 11.0. The molecule has 0 aliphatic carbocycles. The molecule has 1 fully saturated rings. The van der Waals surface area contributed by atoms with Crippen LogP contribution in [0.3, 0.4) is 0 Å². The van der Waals surface area contributed by atoms with E-state index in [1.165, 1.54) is 29.3 Å². The number of carboxylic acids is 1. The van der Waals surface area contributed by atoms with Gasteiger partial charge in [-0.15, -0.1) is 0 Å². The minimum absolute atomic E-state index is 0.159. The Morgan fingerprint density at radius 3 is 2.13 bits per heavy atom. The van der Waals surface area contributed by atoms with E-state index in [2.05, 4.69) is 0 Å². The quantitative estimate of drug-likeness (QED) is 0.737. The van der Waals surface area contributed by atoms with Crippen LogP contribution in [-0.4, -0.2) is 28.3 Å². The van der Waals surface area contributed by atoms with Gasteiger partial charge in [0.2, 0.25) is 0 Å². The van der Waals surface area contributed by atoms with E-state index < -0.39 is 5.97 Å². The fourth-order valence-corrected chi connectivity index (χ4v) is 1.23. The summed E-state index contributed by atoms with van der Waals surface area (Å²) in [5.74, 6) is -1.26. The molecule has 1 aromatic carbocycles. The van der Waals surface area contributed by atoms with Crippen LogP contribution in [0.5, 0.6) is 0 Å². The topological polar surface area (TPSA) is 69.9 Å². The average Bonchev–Trinajstić information content (AvgIpc) is 2.94. The van der Waals surface area contributed by atoms with E-state index >= 15 is 0 Å². The van der Waals surface area contributed by atoms with Gasteiger partial charge in [-0.3, -0.25) is 4.79 Å². The van der Waals surface area contributed by atoms with Crippen LogP contribution in [-0.2, 0) is 4.84 Å². The summed E-state index contributed by atoms with van der Waals surface area (Å²) in [7, 11) is 0. The van der Waals surface area contributed by atoms with Gasteiger partial charge in [0.25, 0.3) is 5.91 Å². The van der Waals surface area contributed by atoms with Crippen LogP contribution in [0, 0.1) is 0 Å². The third-order valence-electron chi connectivity index (χ3n) is 2.13. The van der Waals surface area contributed by atoms with E-state index in [-0.39, 0.29) is 17.7 Å². The Morgan fingerprint density at radius 2 is 1.73 bits per heavy atom. The van der Waals surface area contributed by atoms with Gasteiger partial charge < -0.3 is 5.11 Å². The fourth-order valence-electron chi connectivity index (χ4n) is 1.23. The van der Waals surface area contributed by atoms with Crippen molar-refractivity contribution >= 4 is 11.9 Å². The highest BCUT2D eigenvalue weighted by molar-refractivity contribution is 5.96. The maximum absolute atomic E-state index is 11.6. The zero-order valence-corrected chi connectivity index (χ0v) is 8.01. The number of carbonyl (C=O) groups excluding carboxylic acids is 1.